The average molecular weight is 512 g/mol. The van der Waals surface area contributed by atoms with E-state index in [2.05, 4.69) is 36.8 Å². The third kappa shape index (κ3) is 5.30. The van der Waals surface area contributed by atoms with E-state index >= 15 is 0 Å². The second-order valence-corrected chi connectivity index (χ2v) is 8.69. The predicted molar refractivity (Wildman–Crippen MR) is 118 cm³/mol. The normalized spacial score (nSPS) is 14.8. The Bertz CT molecular complexity index is 834. The first-order valence-electron chi connectivity index (χ1n) is 8.69. The van der Waals surface area contributed by atoms with E-state index in [4.69, 9.17) is 22.7 Å². The van der Waals surface area contributed by atoms with E-state index in [1.54, 1.807) is 0 Å². The van der Waals surface area contributed by atoms with Crippen molar-refractivity contribution < 1.29 is 9.53 Å². The summed E-state index contributed by atoms with van der Waals surface area (Å²) in [6.45, 7) is 2.01. The average Bonchev–Trinajstić information content (AvgIpc) is 2.67. The Hall–Kier alpha value is -1.44. The molecule has 27 heavy (non-hydrogen) atoms. The molecule has 2 aromatic rings. The SMILES string of the molecule is NC(=O)C1CCN(C(=S)c2ccc(OCc3ccc(Br)cc3)c(Br)c2)CC1. The van der Waals surface area contributed by atoms with Gasteiger partial charge in [-0.3, -0.25) is 4.79 Å². The Balaban J connectivity index is 1.61. The lowest BCUT2D eigenvalue weighted by molar-refractivity contribution is -0.122. The van der Waals surface area contributed by atoms with E-state index in [0.29, 0.717) is 6.61 Å². The van der Waals surface area contributed by atoms with Crippen LogP contribution in [0, 0.1) is 5.92 Å². The minimum Gasteiger partial charge on any atom is -0.488 e. The van der Waals surface area contributed by atoms with Crippen molar-refractivity contribution in [1.29, 1.82) is 0 Å². The number of nitrogens with two attached hydrogens (primary N) is 1. The van der Waals surface area contributed by atoms with Crippen LogP contribution in [0.2, 0.25) is 0 Å². The second kappa shape index (κ2) is 9.17. The molecule has 2 N–H and O–H groups in total. The first kappa shape index (κ1) is 20.3. The van der Waals surface area contributed by atoms with Gasteiger partial charge in [0, 0.05) is 29.0 Å². The summed E-state index contributed by atoms with van der Waals surface area (Å²) in [5.41, 5.74) is 7.46. The maximum atomic E-state index is 11.3. The maximum absolute atomic E-state index is 11.3. The van der Waals surface area contributed by atoms with Crippen molar-refractivity contribution in [3.05, 3.63) is 62.5 Å². The number of hydrogen-bond donors (Lipinski definition) is 1. The van der Waals surface area contributed by atoms with Gasteiger partial charge in [0.1, 0.15) is 17.3 Å². The van der Waals surface area contributed by atoms with Crippen molar-refractivity contribution in [2.75, 3.05) is 13.1 Å². The van der Waals surface area contributed by atoms with Crippen LogP contribution in [0.25, 0.3) is 0 Å². The Morgan fingerprint density at radius 1 is 1.15 bits per heavy atom. The smallest absolute Gasteiger partial charge is 0.220 e. The van der Waals surface area contributed by atoms with Gasteiger partial charge in [-0.05, 0) is 64.7 Å². The molecule has 0 aliphatic carbocycles. The van der Waals surface area contributed by atoms with Gasteiger partial charge in [0.25, 0.3) is 0 Å². The van der Waals surface area contributed by atoms with Crippen molar-refractivity contribution in [3.63, 3.8) is 0 Å². The molecule has 1 amide bonds. The van der Waals surface area contributed by atoms with E-state index < -0.39 is 0 Å². The van der Waals surface area contributed by atoms with Gasteiger partial charge in [0.15, 0.2) is 0 Å². The summed E-state index contributed by atoms with van der Waals surface area (Å²) >= 11 is 12.7. The monoisotopic (exact) mass is 510 g/mol. The van der Waals surface area contributed by atoms with Gasteiger partial charge in [0.2, 0.25) is 5.91 Å². The zero-order chi connectivity index (χ0) is 19.4. The largest absolute Gasteiger partial charge is 0.488 e. The number of piperidine rings is 1. The summed E-state index contributed by atoms with van der Waals surface area (Å²) in [5.74, 6) is 0.526. The molecule has 1 fully saturated rings. The lowest BCUT2D eigenvalue weighted by Gasteiger charge is -2.32. The van der Waals surface area contributed by atoms with Gasteiger partial charge in [-0.2, -0.15) is 0 Å². The molecule has 0 radical (unpaired) electrons. The molecule has 2 aromatic carbocycles. The molecule has 0 spiro atoms. The number of hydrogen-bond acceptors (Lipinski definition) is 3. The zero-order valence-corrected chi connectivity index (χ0v) is 18.6. The summed E-state index contributed by atoms with van der Waals surface area (Å²) in [4.78, 5) is 14.2. The van der Waals surface area contributed by atoms with Crippen molar-refractivity contribution in [1.82, 2.24) is 4.90 Å². The van der Waals surface area contributed by atoms with Crippen LogP contribution in [-0.2, 0) is 11.4 Å². The number of rotatable bonds is 5. The van der Waals surface area contributed by atoms with Gasteiger partial charge in [0.05, 0.1) is 4.47 Å². The third-order valence-electron chi connectivity index (χ3n) is 4.67. The van der Waals surface area contributed by atoms with Crippen molar-refractivity contribution >= 4 is 55.0 Å². The number of carbonyl (C=O) groups is 1. The molecule has 0 atom stereocenters. The number of amides is 1. The molecule has 1 saturated heterocycles. The molecule has 1 aliphatic heterocycles. The standard InChI is InChI=1S/C20H20Br2N2O2S/c21-16-4-1-13(2-5-16)12-26-18-6-3-15(11-17(18)22)20(27)24-9-7-14(8-10-24)19(23)25/h1-6,11,14H,7-10,12H2,(H2,23,25). The van der Waals surface area contributed by atoms with Crippen molar-refractivity contribution in [2.24, 2.45) is 11.7 Å². The van der Waals surface area contributed by atoms with E-state index in [1.807, 2.05) is 42.5 Å². The van der Waals surface area contributed by atoms with Gasteiger partial charge in [-0.25, -0.2) is 0 Å². The molecular formula is C20H20Br2N2O2S. The number of ether oxygens (including phenoxy) is 1. The Kier molecular flexibility index (Phi) is 6.89. The third-order valence-corrected chi connectivity index (χ3v) is 6.31. The highest BCUT2D eigenvalue weighted by atomic mass is 79.9. The minimum absolute atomic E-state index is 0.0369. The van der Waals surface area contributed by atoms with E-state index in [1.165, 1.54) is 0 Å². The summed E-state index contributed by atoms with van der Waals surface area (Å²) in [5, 5.41) is 0. The van der Waals surface area contributed by atoms with Crippen LogP contribution in [0.1, 0.15) is 24.0 Å². The minimum atomic E-state index is -0.212. The lowest BCUT2D eigenvalue weighted by Crippen LogP contribution is -2.41. The Morgan fingerprint density at radius 2 is 1.81 bits per heavy atom. The molecule has 3 rings (SSSR count). The van der Waals surface area contributed by atoms with E-state index in [9.17, 15) is 4.79 Å². The van der Waals surface area contributed by atoms with Crippen molar-refractivity contribution in [2.45, 2.75) is 19.4 Å². The summed E-state index contributed by atoms with van der Waals surface area (Å²) in [7, 11) is 0. The van der Waals surface area contributed by atoms with Crippen LogP contribution in [0.15, 0.2) is 51.4 Å². The highest BCUT2D eigenvalue weighted by Gasteiger charge is 2.25. The highest BCUT2D eigenvalue weighted by Crippen LogP contribution is 2.28. The molecule has 7 heteroatoms. The Labute approximate surface area is 181 Å². The van der Waals surface area contributed by atoms with Crippen LogP contribution in [-0.4, -0.2) is 28.9 Å². The number of likely N-dealkylation sites (tertiary alicyclic amines) is 1. The molecular weight excluding hydrogens is 492 g/mol. The zero-order valence-electron chi connectivity index (χ0n) is 14.7. The van der Waals surface area contributed by atoms with Crippen LogP contribution < -0.4 is 10.5 Å². The molecule has 4 nitrogen and oxygen atoms in total. The van der Waals surface area contributed by atoms with E-state index in [0.717, 1.165) is 56.7 Å². The fourth-order valence-electron chi connectivity index (χ4n) is 3.04. The van der Waals surface area contributed by atoms with Crippen LogP contribution in [0.4, 0.5) is 0 Å². The number of carbonyl (C=O) groups excluding carboxylic acids is 1. The fraction of sp³-hybridized carbons (Fsp3) is 0.300. The molecule has 1 heterocycles. The van der Waals surface area contributed by atoms with Gasteiger partial charge < -0.3 is 15.4 Å². The summed E-state index contributed by atoms with van der Waals surface area (Å²) < 4.78 is 7.83. The fourth-order valence-corrected chi connectivity index (χ4v) is 4.11. The summed E-state index contributed by atoms with van der Waals surface area (Å²) in [6.07, 6.45) is 1.51. The number of nitrogens with zero attached hydrogens (tertiary/aromatic N) is 1. The number of benzene rings is 2. The molecule has 0 unspecified atom stereocenters. The maximum Gasteiger partial charge on any atom is 0.220 e. The first-order chi connectivity index (χ1) is 12.9. The second-order valence-electron chi connectivity index (χ2n) is 6.53. The quantitative estimate of drug-likeness (QED) is 0.593. The van der Waals surface area contributed by atoms with E-state index in [-0.39, 0.29) is 11.8 Å². The van der Waals surface area contributed by atoms with Crippen molar-refractivity contribution in [3.8, 4) is 5.75 Å². The molecule has 1 aliphatic rings. The number of thiocarbonyl (C=S) groups is 1. The molecule has 0 saturated carbocycles. The van der Waals surface area contributed by atoms with Crippen LogP contribution in [0.3, 0.4) is 0 Å². The Morgan fingerprint density at radius 3 is 2.41 bits per heavy atom. The first-order valence-corrected chi connectivity index (χ1v) is 10.7. The highest BCUT2D eigenvalue weighted by molar-refractivity contribution is 9.10. The number of primary amides is 1. The predicted octanol–water partition coefficient (Wildman–Crippen LogP) is 4.66. The van der Waals surface area contributed by atoms with Gasteiger partial charge in [-0.15, -0.1) is 0 Å². The van der Waals surface area contributed by atoms with Gasteiger partial charge in [-0.1, -0.05) is 40.3 Å². The van der Waals surface area contributed by atoms with Crippen LogP contribution in [0.5, 0.6) is 5.75 Å². The number of halogens is 2. The molecule has 142 valence electrons. The summed E-state index contributed by atoms with van der Waals surface area (Å²) in [6, 6.07) is 13.9. The topological polar surface area (TPSA) is 55.6 Å². The molecule has 0 aromatic heterocycles. The van der Waals surface area contributed by atoms with Crippen LogP contribution >= 0.6 is 44.1 Å². The van der Waals surface area contributed by atoms with Gasteiger partial charge >= 0.3 is 0 Å². The lowest BCUT2D eigenvalue weighted by atomic mass is 9.96. The molecule has 0 bridgehead atoms.